The first-order valence-electron chi connectivity index (χ1n) is 5.84. The second kappa shape index (κ2) is 5.30. The van der Waals surface area contributed by atoms with E-state index in [1.54, 1.807) is 11.3 Å². The summed E-state index contributed by atoms with van der Waals surface area (Å²) in [6.07, 6.45) is 2.79. The monoisotopic (exact) mass is 278 g/mol. The first kappa shape index (κ1) is 12.0. The average Bonchev–Trinajstić information content (AvgIpc) is 2.91. The highest BCUT2D eigenvalue weighted by atomic mass is 32.2. The molecule has 1 aromatic heterocycles. The molecule has 2 heterocycles. The quantitative estimate of drug-likeness (QED) is 0.937. The van der Waals surface area contributed by atoms with Crippen LogP contribution in [0.1, 0.15) is 4.88 Å². The molecule has 0 aliphatic carbocycles. The lowest BCUT2D eigenvalue weighted by Gasteiger charge is -2.29. The lowest BCUT2D eigenvalue weighted by Crippen LogP contribution is -2.43. The Morgan fingerprint density at radius 1 is 1.44 bits per heavy atom. The van der Waals surface area contributed by atoms with Gasteiger partial charge in [-0.15, -0.1) is 23.1 Å². The molecule has 0 saturated heterocycles. The molecule has 3 rings (SSSR count). The fraction of sp³-hybridized carbons (Fsp3) is 0.308. The molecule has 3 nitrogen and oxygen atoms in total. The van der Waals surface area contributed by atoms with Gasteiger partial charge in [0.15, 0.2) is 0 Å². The van der Waals surface area contributed by atoms with E-state index in [-0.39, 0.29) is 12.1 Å². The first-order chi connectivity index (χ1) is 8.83. The molecule has 2 N–H and O–H groups in total. The Morgan fingerprint density at radius 2 is 2.33 bits per heavy atom. The van der Waals surface area contributed by atoms with Crippen LogP contribution >= 0.6 is 23.1 Å². The van der Waals surface area contributed by atoms with Gasteiger partial charge in [0, 0.05) is 34.2 Å². The molecule has 2 atom stereocenters. The molecule has 2 aromatic rings. The number of benzene rings is 1. The summed E-state index contributed by atoms with van der Waals surface area (Å²) in [5.41, 5.74) is 8.08. The van der Waals surface area contributed by atoms with Crippen LogP contribution in [-0.4, -0.2) is 22.9 Å². The second-order valence-electron chi connectivity index (χ2n) is 4.25. The van der Waals surface area contributed by atoms with Crippen LogP contribution in [0.4, 0.5) is 0 Å². The number of nitrogens with two attached hydrogens (primary N) is 1. The van der Waals surface area contributed by atoms with Crippen LogP contribution in [0.15, 0.2) is 40.9 Å². The Bertz CT molecular complexity index is 515. The molecule has 0 amide bonds. The van der Waals surface area contributed by atoms with Gasteiger partial charge >= 0.3 is 0 Å². The molecule has 2 unspecified atom stereocenters. The van der Waals surface area contributed by atoms with E-state index in [0.29, 0.717) is 0 Å². The molecule has 0 fully saturated rings. The number of fused-ring (bicyclic) bond motifs is 1. The zero-order chi connectivity index (χ0) is 12.4. The lowest BCUT2D eigenvalue weighted by atomic mass is 10.1. The van der Waals surface area contributed by atoms with Gasteiger partial charge in [-0.05, 0) is 12.1 Å². The molecule has 1 aliphatic rings. The fourth-order valence-corrected chi connectivity index (χ4v) is 3.71. The molecule has 0 saturated carbocycles. The van der Waals surface area contributed by atoms with Crippen LogP contribution in [0.3, 0.4) is 0 Å². The number of rotatable bonds is 3. The van der Waals surface area contributed by atoms with Crippen LogP contribution in [-0.2, 0) is 6.42 Å². The van der Waals surface area contributed by atoms with E-state index >= 15 is 0 Å². The minimum absolute atomic E-state index is 0.0197. The molecule has 18 heavy (non-hydrogen) atoms. The predicted molar refractivity (Wildman–Crippen MR) is 75.4 cm³/mol. The average molecular weight is 278 g/mol. The van der Waals surface area contributed by atoms with Gasteiger partial charge in [0.25, 0.3) is 0 Å². The molecule has 1 aromatic carbocycles. The first-order valence-corrected chi connectivity index (χ1v) is 7.71. The van der Waals surface area contributed by atoms with Crippen molar-refractivity contribution >= 4 is 23.1 Å². The van der Waals surface area contributed by atoms with Crippen LogP contribution < -0.4 is 10.5 Å². The number of hydrogen-bond acceptors (Lipinski definition) is 5. The number of para-hydroxylation sites is 1. The van der Waals surface area contributed by atoms with Crippen LogP contribution in [0.5, 0.6) is 5.75 Å². The smallest absolute Gasteiger partial charge is 0.133 e. The standard InChI is InChI=1S/C13H14N2OS2/c14-10(5-9-6-15-8-18-9)12-7-17-13-4-2-1-3-11(13)16-12/h1-4,6,8,10,12H,5,7,14H2. The van der Waals surface area contributed by atoms with Crippen LogP contribution in [0.25, 0.3) is 0 Å². The number of hydrogen-bond donors (Lipinski definition) is 1. The van der Waals surface area contributed by atoms with Gasteiger partial charge < -0.3 is 10.5 Å². The summed E-state index contributed by atoms with van der Waals surface area (Å²) >= 11 is 3.47. The number of ether oxygens (including phenoxy) is 1. The Morgan fingerprint density at radius 3 is 3.17 bits per heavy atom. The van der Waals surface area contributed by atoms with Gasteiger partial charge in [-0.3, -0.25) is 4.98 Å². The van der Waals surface area contributed by atoms with Crippen molar-refractivity contribution in [3.05, 3.63) is 40.8 Å². The van der Waals surface area contributed by atoms with Crippen molar-refractivity contribution in [2.45, 2.75) is 23.5 Å². The molecule has 5 heteroatoms. The SMILES string of the molecule is NC(Cc1cncs1)C1CSc2ccccc2O1. The van der Waals surface area contributed by atoms with Crippen molar-refractivity contribution in [3.8, 4) is 5.75 Å². The minimum Gasteiger partial charge on any atom is -0.487 e. The maximum Gasteiger partial charge on any atom is 0.133 e. The van der Waals surface area contributed by atoms with Gasteiger partial charge in [-0.2, -0.15) is 0 Å². The van der Waals surface area contributed by atoms with Gasteiger partial charge in [-0.1, -0.05) is 12.1 Å². The van der Waals surface area contributed by atoms with Gasteiger partial charge in [0.05, 0.1) is 5.51 Å². The van der Waals surface area contributed by atoms with E-state index in [4.69, 9.17) is 10.5 Å². The molecule has 0 bridgehead atoms. The third-order valence-electron chi connectivity index (χ3n) is 2.93. The number of thiazole rings is 1. The van der Waals surface area contributed by atoms with E-state index < -0.39 is 0 Å². The Balaban J connectivity index is 1.68. The summed E-state index contributed by atoms with van der Waals surface area (Å²) < 4.78 is 5.98. The molecule has 94 valence electrons. The molecule has 0 spiro atoms. The molecular formula is C13H14N2OS2. The highest BCUT2D eigenvalue weighted by Gasteiger charge is 2.26. The van der Waals surface area contributed by atoms with Gasteiger partial charge in [-0.25, -0.2) is 0 Å². The van der Waals surface area contributed by atoms with Crippen LogP contribution in [0, 0.1) is 0 Å². The van der Waals surface area contributed by atoms with E-state index in [9.17, 15) is 0 Å². The zero-order valence-corrected chi connectivity index (χ0v) is 11.4. The number of thioether (sulfide) groups is 1. The largest absolute Gasteiger partial charge is 0.487 e. The van der Waals surface area contributed by atoms with Crippen LogP contribution in [0.2, 0.25) is 0 Å². The maximum atomic E-state index is 6.24. The van der Waals surface area contributed by atoms with Crippen molar-refractivity contribution in [1.29, 1.82) is 0 Å². The summed E-state index contributed by atoms with van der Waals surface area (Å²) in [5, 5.41) is 0. The van der Waals surface area contributed by atoms with Crippen molar-refractivity contribution < 1.29 is 4.74 Å². The predicted octanol–water partition coefficient (Wildman–Crippen LogP) is 2.57. The van der Waals surface area contributed by atoms with E-state index in [1.165, 1.54) is 9.77 Å². The topological polar surface area (TPSA) is 48.1 Å². The Kier molecular flexibility index (Phi) is 3.54. The Hall–Kier alpha value is -1.04. The fourth-order valence-electron chi connectivity index (χ4n) is 1.95. The normalized spacial score (nSPS) is 19.9. The van der Waals surface area contributed by atoms with E-state index in [0.717, 1.165) is 17.9 Å². The Labute approximate surface area is 114 Å². The maximum absolute atomic E-state index is 6.24. The second-order valence-corrected chi connectivity index (χ2v) is 6.28. The summed E-state index contributed by atoms with van der Waals surface area (Å²) in [7, 11) is 0. The summed E-state index contributed by atoms with van der Waals surface area (Å²) in [4.78, 5) is 6.50. The third kappa shape index (κ3) is 2.53. The highest BCUT2D eigenvalue weighted by Crippen LogP contribution is 2.35. The number of nitrogens with zero attached hydrogens (tertiary/aromatic N) is 1. The minimum atomic E-state index is 0.0197. The van der Waals surface area contributed by atoms with Crippen molar-refractivity contribution in [1.82, 2.24) is 4.98 Å². The summed E-state index contributed by atoms with van der Waals surface area (Å²) in [6.45, 7) is 0. The van der Waals surface area contributed by atoms with Crippen molar-refractivity contribution in [3.63, 3.8) is 0 Å². The summed E-state index contributed by atoms with van der Waals surface area (Å²) in [5.74, 6) is 1.87. The number of aromatic nitrogens is 1. The molecular weight excluding hydrogens is 264 g/mol. The third-order valence-corrected chi connectivity index (χ3v) is 4.87. The molecule has 1 aliphatic heterocycles. The summed E-state index contributed by atoms with van der Waals surface area (Å²) in [6, 6.07) is 8.15. The lowest BCUT2D eigenvalue weighted by molar-refractivity contribution is 0.184. The van der Waals surface area contributed by atoms with E-state index in [2.05, 4.69) is 11.1 Å². The molecule has 0 radical (unpaired) electrons. The van der Waals surface area contributed by atoms with E-state index in [1.807, 2.05) is 41.7 Å². The highest BCUT2D eigenvalue weighted by molar-refractivity contribution is 7.99. The van der Waals surface area contributed by atoms with Gasteiger partial charge in [0.1, 0.15) is 11.9 Å². The van der Waals surface area contributed by atoms with Crippen molar-refractivity contribution in [2.24, 2.45) is 5.73 Å². The van der Waals surface area contributed by atoms with Crippen molar-refractivity contribution in [2.75, 3.05) is 5.75 Å². The zero-order valence-electron chi connectivity index (χ0n) is 9.78. The van der Waals surface area contributed by atoms with Gasteiger partial charge in [0.2, 0.25) is 0 Å².